The molecule has 3 aromatic rings. The first kappa shape index (κ1) is 22.0. The Morgan fingerprint density at radius 3 is 2.69 bits per heavy atom. The van der Waals surface area contributed by atoms with Crippen molar-refractivity contribution in [1.29, 1.82) is 0 Å². The average Bonchev–Trinajstić information content (AvgIpc) is 3.05. The highest BCUT2D eigenvalue weighted by Crippen LogP contribution is 2.39. The fraction of sp³-hybridized carbons (Fsp3) is 0.120. The topological polar surface area (TPSA) is 55.8 Å². The SMILES string of the molecule is C=CCN1C(=O)S/C(=C/c2cc(Cl)c(OCc3cccc4ccccc34)c(OC)c2)C1=O. The van der Waals surface area contributed by atoms with Crippen molar-refractivity contribution < 1.29 is 19.1 Å². The summed E-state index contributed by atoms with van der Waals surface area (Å²) in [6.45, 7) is 4.07. The van der Waals surface area contributed by atoms with Gasteiger partial charge in [-0.3, -0.25) is 14.5 Å². The molecule has 4 rings (SSSR count). The van der Waals surface area contributed by atoms with Crippen LogP contribution in [-0.2, 0) is 11.4 Å². The van der Waals surface area contributed by atoms with E-state index in [0.717, 1.165) is 33.0 Å². The van der Waals surface area contributed by atoms with E-state index in [4.69, 9.17) is 21.1 Å². The van der Waals surface area contributed by atoms with Gasteiger partial charge in [-0.05, 0) is 51.9 Å². The Bertz CT molecular complexity index is 1250. The van der Waals surface area contributed by atoms with E-state index in [2.05, 4.69) is 24.8 Å². The third kappa shape index (κ3) is 4.38. The number of rotatable bonds is 7. The molecule has 0 aliphatic carbocycles. The van der Waals surface area contributed by atoms with Crippen molar-refractivity contribution in [3.8, 4) is 11.5 Å². The highest BCUT2D eigenvalue weighted by atomic mass is 35.5. The summed E-state index contributed by atoms with van der Waals surface area (Å²) in [5, 5.41) is 2.26. The van der Waals surface area contributed by atoms with E-state index in [1.54, 1.807) is 18.2 Å². The summed E-state index contributed by atoms with van der Waals surface area (Å²) in [6, 6.07) is 17.6. The van der Waals surface area contributed by atoms with Crippen LogP contribution in [0.5, 0.6) is 11.5 Å². The van der Waals surface area contributed by atoms with Crippen LogP contribution in [0.4, 0.5) is 4.79 Å². The van der Waals surface area contributed by atoms with Crippen LogP contribution >= 0.6 is 23.4 Å². The van der Waals surface area contributed by atoms with Gasteiger partial charge in [0.05, 0.1) is 17.0 Å². The molecule has 1 aliphatic rings. The molecule has 7 heteroatoms. The molecule has 5 nitrogen and oxygen atoms in total. The minimum absolute atomic E-state index is 0.174. The largest absolute Gasteiger partial charge is 0.493 e. The van der Waals surface area contributed by atoms with Crippen molar-refractivity contribution in [2.45, 2.75) is 6.61 Å². The number of carbonyl (C=O) groups is 2. The minimum Gasteiger partial charge on any atom is -0.493 e. The lowest BCUT2D eigenvalue weighted by molar-refractivity contribution is -0.122. The van der Waals surface area contributed by atoms with Gasteiger partial charge in [-0.25, -0.2) is 0 Å². The van der Waals surface area contributed by atoms with Crippen molar-refractivity contribution in [3.63, 3.8) is 0 Å². The van der Waals surface area contributed by atoms with E-state index >= 15 is 0 Å². The summed E-state index contributed by atoms with van der Waals surface area (Å²) in [5.41, 5.74) is 1.66. The van der Waals surface area contributed by atoms with Crippen LogP contribution in [-0.4, -0.2) is 29.7 Å². The molecule has 1 heterocycles. The molecule has 2 amide bonds. The summed E-state index contributed by atoms with van der Waals surface area (Å²) >= 11 is 7.39. The molecule has 0 bridgehead atoms. The number of amides is 2. The molecule has 0 atom stereocenters. The number of thioether (sulfide) groups is 1. The number of halogens is 1. The van der Waals surface area contributed by atoms with E-state index in [0.29, 0.717) is 33.6 Å². The van der Waals surface area contributed by atoms with Crippen LogP contribution < -0.4 is 9.47 Å². The predicted octanol–water partition coefficient (Wildman–Crippen LogP) is 6.30. The monoisotopic (exact) mass is 465 g/mol. The Hall–Kier alpha value is -3.22. The van der Waals surface area contributed by atoms with Gasteiger partial charge in [0, 0.05) is 6.54 Å². The summed E-state index contributed by atoms with van der Waals surface area (Å²) < 4.78 is 11.5. The van der Waals surface area contributed by atoms with Crippen molar-refractivity contribution in [2.24, 2.45) is 0 Å². The molecule has 0 saturated carbocycles. The van der Waals surface area contributed by atoms with Gasteiger partial charge in [0.1, 0.15) is 6.61 Å². The zero-order valence-corrected chi connectivity index (χ0v) is 18.9. The molecular formula is C25H20ClNO4S. The molecule has 162 valence electrons. The number of carbonyl (C=O) groups excluding carboxylic acids is 2. The van der Waals surface area contributed by atoms with E-state index < -0.39 is 0 Å². The number of hydrogen-bond donors (Lipinski definition) is 0. The Balaban J connectivity index is 1.60. The van der Waals surface area contributed by atoms with Crippen LogP contribution in [0.15, 0.2) is 72.2 Å². The number of fused-ring (bicyclic) bond motifs is 1. The van der Waals surface area contributed by atoms with Gasteiger partial charge in [-0.15, -0.1) is 6.58 Å². The summed E-state index contributed by atoms with van der Waals surface area (Å²) in [7, 11) is 1.53. The number of benzene rings is 3. The van der Waals surface area contributed by atoms with Crippen LogP contribution in [0.3, 0.4) is 0 Å². The maximum absolute atomic E-state index is 12.5. The van der Waals surface area contributed by atoms with Gasteiger partial charge in [-0.2, -0.15) is 0 Å². The summed E-state index contributed by atoms with van der Waals surface area (Å²) in [5.74, 6) is 0.500. The lowest BCUT2D eigenvalue weighted by atomic mass is 10.1. The second-order valence-corrected chi connectivity index (χ2v) is 8.44. The van der Waals surface area contributed by atoms with Crippen molar-refractivity contribution in [1.82, 2.24) is 4.90 Å². The second kappa shape index (κ2) is 9.51. The predicted molar refractivity (Wildman–Crippen MR) is 129 cm³/mol. The van der Waals surface area contributed by atoms with Crippen LogP contribution in [0.1, 0.15) is 11.1 Å². The van der Waals surface area contributed by atoms with Crippen molar-refractivity contribution in [3.05, 3.63) is 88.3 Å². The van der Waals surface area contributed by atoms with E-state index in [9.17, 15) is 9.59 Å². The second-order valence-electron chi connectivity index (χ2n) is 7.04. The maximum Gasteiger partial charge on any atom is 0.293 e. The number of hydrogen-bond acceptors (Lipinski definition) is 5. The third-order valence-corrected chi connectivity index (χ3v) is 6.17. The summed E-state index contributed by atoms with van der Waals surface area (Å²) in [6.07, 6.45) is 3.14. The molecule has 3 aromatic carbocycles. The third-order valence-electron chi connectivity index (χ3n) is 4.99. The average molecular weight is 466 g/mol. The number of imide groups is 1. The Labute approximate surface area is 195 Å². The molecule has 32 heavy (non-hydrogen) atoms. The molecule has 0 spiro atoms. The van der Waals surface area contributed by atoms with Crippen molar-refractivity contribution >= 4 is 51.4 Å². The lowest BCUT2D eigenvalue weighted by Crippen LogP contribution is -2.27. The molecule has 0 N–H and O–H groups in total. The lowest BCUT2D eigenvalue weighted by Gasteiger charge is -2.14. The first-order valence-corrected chi connectivity index (χ1v) is 11.0. The molecule has 0 radical (unpaired) electrons. The molecule has 0 unspecified atom stereocenters. The van der Waals surface area contributed by atoms with Crippen LogP contribution in [0, 0.1) is 0 Å². The van der Waals surface area contributed by atoms with Gasteiger partial charge in [-0.1, -0.05) is 60.1 Å². The zero-order valence-electron chi connectivity index (χ0n) is 17.3. The Morgan fingerprint density at radius 1 is 1.12 bits per heavy atom. The van der Waals surface area contributed by atoms with Gasteiger partial charge in [0.2, 0.25) is 0 Å². The molecule has 1 fully saturated rings. The minimum atomic E-state index is -0.355. The van der Waals surface area contributed by atoms with Crippen LogP contribution in [0.2, 0.25) is 5.02 Å². The Kier molecular flexibility index (Phi) is 6.53. The highest BCUT2D eigenvalue weighted by Gasteiger charge is 2.34. The number of methoxy groups -OCH3 is 1. The zero-order chi connectivity index (χ0) is 22.7. The first-order chi connectivity index (χ1) is 15.5. The normalized spacial score (nSPS) is 14.9. The van der Waals surface area contributed by atoms with Crippen LogP contribution in [0.25, 0.3) is 16.8 Å². The van der Waals surface area contributed by atoms with Gasteiger partial charge in [0.25, 0.3) is 11.1 Å². The fourth-order valence-corrected chi connectivity index (χ4v) is 4.59. The van der Waals surface area contributed by atoms with E-state index in [1.165, 1.54) is 13.2 Å². The highest BCUT2D eigenvalue weighted by molar-refractivity contribution is 8.18. The molecule has 1 aliphatic heterocycles. The van der Waals surface area contributed by atoms with Gasteiger partial charge < -0.3 is 9.47 Å². The first-order valence-electron chi connectivity index (χ1n) is 9.85. The smallest absolute Gasteiger partial charge is 0.293 e. The standard InChI is InChI=1S/C25H20ClNO4S/c1-3-11-27-24(28)22(32-25(27)29)14-16-12-20(26)23(21(13-16)30-2)31-15-18-9-6-8-17-7-4-5-10-19(17)18/h3-10,12-14H,1,11,15H2,2H3/b22-14+. The number of nitrogens with zero attached hydrogens (tertiary/aromatic N) is 1. The quantitative estimate of drug-likeness (QED) is 0.302. The Morgan fingerprint density at radius 2 is 1.91 bits per heavy atom. The summed E-state index contributed by atoms with van der Waals surface area (Å²) in [4.78, 5) is 26.0. The van der Waals surface area contributed by atoms with E-state index in [-0.39, 0.29) is 17.7 Å². The van der Waals surface area contributed by atoms with Gasteiger partial charge >= 0.3 is 0 Å². The molecule has 1 saturated heterocycles. The number of ether oxygens (including phenoxy) is 2. The van der Waals surface area contributed by atoms with Gasteiger partial charge in [0.15, 0.2) is 11.5 Å². The van der Waals surface area contributed by atoms with Crippen molar-refractivity contribution in [2.75, 3.05) is 13.7 Å². The maximum atomic E-state index is 12.5. The molecule has 0 aromatic heterocycles. The van der Waals surface area contributed by atoms with E-state index in [1.807, 2.05) is 24.3 Å². The molecular weight excluding hydrogens is 446 g/mol. The fourth-order valence-electron chi connectivity index (χ4n) is 3.47.